The molecule has 56 heavy (non-hydrogen) atoms. The molecule has 0 N–H and O–H groups in total. The molecule has 6 aliphatic rings. The van der Waals surface area contributed by atoms with E-state index in [0.29, 0.717) is 17.2 Å². The quantitative estimate of drug-likeness (QED) is 0.246. The summed E-state index contributed by atoms with van der Waals surface area (Å²) in [6.45, 7) is 16.2. The van der Waals surface area contributed by atoms with Gasteiger partial charge in [0.25, 0.3) is 18.8 Å². The van der Waals surface area contributed by atoms with Crippen LogP contribution in [0.5, 0.6) is 17.2 Å². The zero-order chi connectivity index (χ0) is 41.4. The summed E-state index contributed by atoms with van der Waals surface area (Å²) >= 11 is 0. The smallest absolute Gasteiger partial charge is 0.292 e. The van der Waals surface area contributed by atoms with Crippen LogP contribution in [0.25, 0.3) is 0 Å². The molecule has 0 heterocycles. The van der Waals surface area contributed by atoms with Crippen LogP contribution in [0.3, 0.4) is 0 Å². The zero-order valence-electron chi connectivity index (χ0n) is 36.0. The van der Waals surface area contributed by atoms with Gasteiger partial charge < -0.3 is 14.2 Å². The Hall–Kier alpha value is -4.47. The van der Waals surface area contributed by atoms with Gasteiger partial charge in [0, 0.05) is 0 Å². The molecular weight excluding hydrogens is 691 g/mol. The van der Waals surface area contributed by atoms with E-state index in [-0.39, 0.29) is 0 Å². The lowest BCUT2D eigenvalue weighted by atomic mass is 9.82. The predicted octanol–water partition coefficient (Wildman–Crippen LogP) is 14.8. The Kier molecular flexibility index (Phi) is 28.1. The summed E-state index contributed by atoms with van der Waals surface area (Å²) in [5.41, 5.74) is 0. The van der Waals surface area contributed by atoms with Gasteiger partial charge >= 0.3 is 0 Å². The molecule has 306 valence electrons. The highest BCUT2D eigenvalue weighted by molar-refractivity contribution is 5.23. The molecule has 0 radical (unpaired) electrons. The van der Waals surface area contributed by atoms with Gasteiger partial charge in [-0.05, 0) is 148 Å². The molecule has 6 aliphatic carbocycles. The van der Waals surface area contributed by atoms with Crippen LogP contribution in [0.15, 0.2) is 91.0 Å². The van der Waals surface area contributed by atoms with Crippen LogP contribution in [-0.4, -0.2) is 0 Å². The van der Waals surface area contributed by atoms with E-state index < -0.39 is 0 Å². The van der Waals surface area contributed by atoms with Gasteiger partial charge in [-0.25, -0.2) is 0 Å². The van der Waals surface area contributed by atoms with Crippen molar-refractivity contribution in [2.45, 2.75) is 139 Å². The van der Waals surface area contributed by atoms with E-state index in [1.54, 1.807) is 132 Å². The van der Waals surface area contributed by atoms with E-state index in [1.807, 2.05) is 96.1 Å². The molecule has 6 fully saturated rings. The fourth-order valence-electron chi connectivity index (χ4n) is 9.66. The first-order valence-corrected chi connectivity index (χ1v) is 21.9. The molecule has 6 nitrogen and oxygen atoms in total. The number of fused-ring (bicyclic) bond motifs is 10. The molecule has 8 unspecified atom stereocenters. The highest BCUT2D eigenvalue weighted by atomic mass is 16.5. The number of hydrogen-bond acceptors (Lipinski definition) is 6. The predicted molar refractivity (Wildman–Crippen MR) is 231 cm³/mol. The molecule has 4 bridgehead atoms. The van der Waals surface area contributed by atoms with Crippen LogP contribution in [0.4, 0.5) is 0 Å². The lowest BCUT2D eigenvalue weighted by molar-refractivity contribution is 0.259. The normalized spacial score (nSPS) is 25.0. The average Bonchev–Trinajstić information content (AvgIpc) is 4.13. The van der Waals surface area contributed by atoms with E-state index in [9.17, 15) is 0 Å². The topological polar surface area (TPSA) is 99.1 Å². The molecule has 0 aliphatic heterocycles. The van der Waals surface area contributed by atoms with Gasteiger partial charge in [-0.1, -0.05) is 129 Å². The van der Waals surface area contributed by atoms with E-state index in [2.05, 4.69) is 28.1 Å². The third-order valence-electron chi connectivity index (χ3n) is 11.4. The number of nitriles is 3. The monoisotopic (exact) mass is 764 g/mol. The van der Waals surface area contributed by atoms with Crippen LogP contribution in [0, 0.1) is 81.9 Å². The molecule has 3 aromatic carbocycles. The minimum absolute atomic E-state index is 0.583. The number of benzene rings is 3. The average molecular weight is 764 g/mol. The fourth-order valence-corrected chi connectivity index (χ4v) is 9.66. The Morgan fingerprint density at radius 3 is 0.821 bits per heavy atom. The summed E-state index contributed by atoms with van der Waals surface area (Å²) in [5.74, 6) is 11.3. The maximum Gasteiger partial charge on any atom is 0.292 e. The third-order valence-corrected chi connectivity index (χ3v) is 11.4. The Morgan fingerprint density at radius 2 is 0.625 bits per heavy atom. The first-order valence-electron chi connectivity index (χ1n) is 21.9. The highest BCUT2D eigenvalue weighted by Gasteiger charge is 2.49. The van der Waals surface area contributed by atoms with Gasteiger partial charge in [-0.15, -0.1) is 15.8 Å². The molecular formula is C50H73N3O3. The largest absolute Gasteiger partial charge is 0.388 e. The number of hydrogen-bond donors (Lipinski definition) is 0. The van der Waals surface area contributed by atoms with Crippen molar-refractivity contribution in [2.75, 3.05) is 0 Å². The summed E-state index contributed by atoms with van der Waals surface area (Å²) in [5, 5.41) is 24.1. The maximum absolute atomic E-state index is 8.05. The molecule has 0 saturated heterocycles. The van der Waals surface area contributed by atoms with Crippen molar-refractivity contribution >= 4 is 0 Å². The van der Waals surface area contributed by atoms with Gasteiger partial charge in [-0.3, -0.25) is 0 Å². The van der Waals surface area contributed by atoms with Crippen LogP contribution in [0.1, 0.15) is 139 Å². The van der Waals surface area contributed by atoms with Crippen molar-refractivity contribution in [3.05, 3.63) is 91.0 Å². The molecule has 9 rings (SSSR count). The first kappa shape index (κ1) is 49.5. The summed E-state index contributed by atoms with van der Waals surface area (Å²) in [6.07, 6.45) is 25.1. The molecule has 6 heteroatoms. The Labute approximate surface area is 342 Å². The summed E-state index contributed by atoms with van der Waals surface area (Å²) in [4.78, 5) is 0. The molecule has 3 aromatic rings. The summed E-state index contributed by atoms with van der Waals surface area (Å²) < 4.78 is 13.5. The third kappa shape index (κ3) is 17.1. The van der Waals surface area contributed by atoms with Crippen LogP contribution in [-0.2, 0) is 0 Å². The molecule has 0 aromatic heterocycles. The van der Waals surface area contributed by atoms with Crippen molar-refractivity contribution < 1.29 is 14.2 Å². The van der Waals surface area contributed by atoms with Crippen molar-refractivity contribution in [3.8, 4) is 36.0 Å². The van der Waals surface area contributed by atoms with Crippen LogP contribution >= 0.6 is 0 Å². The number of rotatable bonds is 3. The standard InChI is InChI=1S/2C10H16.3C7H5NO.C3H8.3C2H6/c2*1-2-9-7-4-5-8(6-7)10(9)3-1;3*8-6-9-7-4-2-1-3-5-7;1-3-2;3*1-2/h2*7-10H,1-6H2;3*1-5H;3H2,1-2H3;3*1-2H3. The van der Waals surface area contributed by atoms with Gasteiger partial charge in [0.05, 0.1) is 0 Å². The Balaban J connectivity index is 0.000000333. The first-order chi connectivity index (χ1) is 27.6. The lowest BCUT2D eigenvalue weighted by Gasteiger charge is -2.23. The summed E-state index contributed by atoms with van der Waals surface area (Å²) in [7, 11) is 0. The van der Waals surface area contributed by atoms with Gasteiger partial charge in [0.2, 0.25) is 0 Å². The van der Waals surface area contributed by atoms with Gasteiger partial charge in [0.1, 0.15) is 17.2 Å². The van der Waals surface area contributed by atoms with E-state index in [4.69, 9.17) is 15.8 Å². The second-order valence-electron chi connectivity index (χ2n) is 14.4. The van der Waals surface area contributed by atoms with Crippen molar-refractivity contribution in [2.24, 2.45) is 47.3 Å². The zero-order valence-corrected chi connectivity index (χ0v) is 36.0. The SMILES string of the molecule is C1CC2C3CCC(C3)C2C1.C1CC2C3CCC(C3)C2C1.CC.CC.CC.CCC.N#COc1ccccc1.N#COc1ccccc1.N#COc1ccccc1. The van der Waals surface area contributed by atoms with Gasteiger partial charge in [0.15, 0.2) is 0 Å². The van der Waals surface area contributed by atoms with Crippen molar-refractivity contribution in [3.63, 3.8) is 0 Å². The van der Waals surface area contributed by atoms with E-state index in [1.165, 1.54) is 53.8 Å². The second-order valence-corrected chi connectivity index (χ2v) is 14.4. The van der Waals surface area contributed by atoms with E-state index >= 15 is 0 Å². The second kappa shape index (κ2) is 31.7. The minimum atomic E-state index is 0.583. The molecule has 0 amide bonds. The maximum atomic E-state index is 8.05. The van der Waals surface area contributed by atoms with Crippen molar-refractivity contribution in [1.29, 1.82) is 15.8 Å². The van der Waals surface area contributed by atoms with Crippen LogP contribution in [0.2, 0.25) is 0 Å². The Morgan fingerprint density at radius 1 is 0.411 bits per heavy atom. The van der Waals surface area contributed by atoms with E-state index in [0.717, 1.165) is 0 Å². The fraction of sp³-hybridized carbons (Fsp3) is 0.580. The number of ether oxygens (including phenoxy) is 3. The van der Waals surface area contributed by atoms with Crippen LogP contribution < -0.4 is 14.2 Å². The Bertz CT molecular complexity index is 1290. The molecule has 8 atom stereocenters. The summed E-state index contributed by atoms with van der Waals surface area (Å²) in [6, 6.07) is 26.8. The highest BCUT2D eigenvalue weighted by Crippen LogP contribution is 2.59. The minimum Gasteiger partial charge on any atom is -0.388 e. The number of nitrogens with zero attached hydrogens (tertiary/aromatic N) is 3. The molecule has 0 spiro atoms. The van der Waals surface area contributed by atoms with Crippen molar-refractivity contribution in [1.82, 2.24) is 0 Å². The van der Waals surface area contributed by atoms with Gasteiger partial charge in [-0.2, -0.15) is 0 Å². The number of para-hydroxylation sites is 3. The molecule has 6 saturated carbocycles. The lowest BCUT2D eigenvalue weighted by Crippen LogP contribution is -2.15.